The molecule has 0 radical (unpaired) electrons. The lowest BCUT2D eigenvalue weighted by atomic mass is 10.2. The third kappa shape index (κ3) is 2.37. The fraction of sp³-hybridized carbons (Fsp3) is 0.333. The number of halogens is 1. The Kier molecular flexibility index (Phi) is 3.04. The average molecular weight is 244 g/mol. The zero-order chi connectivity index (χ0) is 10.8. The highest BCUT2D eigenvalue weighted by Gasteiger charge is 2.13. The molecule has 0 aliphatic heterocycles. The standard InChI is InChI=1S/C9H10ClN3OS/c1-5(11)4-7-12-9(14-13-7)8-6(10)2-3-15-8/h2-3,5H,4,11H2,1H3. The Morgan fingerprint density at radius 3 is 3.07 bits per heavy atom. The lowest BCUT2D eigenvalue weighted by Gasteiger charge is -1.96. The SMILES string of the molecule is CC(N)Cc1noc(-c2sccc2Cl)n1. The quantitative estimate of drug-likeness (QED) is 0.899. The van der Waals surface area contributed by atoms with Crippen molar-refractivity contribution in [1.82, 2.24) is 10.1 Å². The van der Waals surface area contributed by atoms with Crippen molar-refractivity contribution < 1.29 is 4.52 Å². The van der Waals surface area contributed by atoms with Gasteiger partial charge in [0.1, 0.15) is 4.88 Å². The van der Waals surface area contributed by atoms with Gasteiger partial charge in [-0.2, -0.15) is 4.98 Å². The first-order valence-electron chi connectivity index (χ1n) is 4.48. The summed E-state index contributed by atoms with van der Waals surface area (Å²) < 4.78 is 5.10. The van der Waals surface area contributed by atoms with Crippen molar-refractivity contribution in [2.24, 2.45) is 5.73 Å². The number of hydrogen-bond acceptors (Lipinski definition) is 5. The monoisotopic (exact) mass is 243 g/mol. The third-order valence-corrected chi connectivity index (χ3v) is 3.11. The summed E-state index contributed by atoms with van der Waals surface area (Å²) in [6, 6.07) is 1.83. The second-order valence-electron chi connectivity index (χ2n) is 3.29. The molecule has 2 aromatic rings. The van der Waals surface area contributed by atoms with E-state index in [1.807, 2.05) is 12.3 Å². The molecule has 1 unspecified atom stereocenters. The number of nitrogens with zero attached hydrogens (tertiary/aromatic N) is 2. The smallest absolute Gasteiger partial charge is 0.269 e. The van der Waals surface area contributed by atoms with Crippen molar-refractivity contribution >= 4 is 22.9 Å². The molecular weight excluding hydrogens is 234 g/mol. The van der Waals surface area contributed by atoms with Crippen molar-refractivity contribution in [3.8, 4) is 10.8 Å². The van der Waals surface area contributed by atoms with Gasteiger partial charge in [0.25, 0.3) is 5.89 Å². The Balaban J connectivity index is 2.24. The normalized spacial score (nSPS) is 13.0. The Morgan fingerprint density at radius 2 is 2.47 bits per heavy atom. The van der Waals surface area contributed by atoms with E-state index in [-0.39, 0.29) is 6.04 Å². The van der Waals surface area contributed by atoms with Gasteiger partial charge in [0.2, 0.25) is 0 Å². The van der Waals surface area contributed by atoms with Crippen molar-refractivity contribution in [3.63, 3.8) is 0 Å². The highest BCUT2D eigenvalue weighted by molar-refractivity contribution is 7.14. The van der Waals surface area contributed by atoms with E-state index in [4.69, 9.17) is 21.9 Å². The lowest BCUT2D eigenvalue weighted by molar-refractivity contribution is 0.421. The summed E-state index contributed by atoms with van der Waals surface area (Å²) in [7, 11) is 0. The maximum atomic E-state index is 5.95. The second kappa shape index (κ2) is 4.30. The van der Waals surface area contributed by atoms with E-state index in [1.165, 1.54) is 11.3 Å². The van der Waals surface area contributed by atoms with E-state index in [0.717, 1.165) is 4.88 Å². The number of rotatable bonds is 3. The average Bonchev–Trinajstić information content (AvgIpc) is 2.72. The summed E-state index contributed by atoms with van der Waals surface area (Å²) in [5.74, 6) is 1.08. The molecule has 0 saturated carbocycles. The highest BCUT2D eigenvalue weighted by Crippen LogP contribution is 2.31. The molecule has 80 valence electrons. The van der Waals surface area contributed by atoms with Crippen LogP contribution in [0.4, 0.5) is 0 Å². The van der Waals surface area contributed by atoms with E-state index in [1.54, 1.807) is 6.07 Å². The van der Waals surface area contributed by atoms with Gasteiger partial charge >= 0.3 is 0 Å². The van der Waals surface area contributed by atoms with Crippen LogP contribution in [0.3, 0.4) is 0 Å². The topological polar surface area (TPSA) is 64.9 Å². The van der Waals surface area contributed by atoms with Crippen LogP contribution < -0.4 is 5.73 Å². The van der Waals surface area contributed by atoms with Crippen LogP contribution in [0.2, 0.25) is 5.02 Å². The molecule has 0 aliphatic rings. The molecule has 2 rings (SSSR count). The largest absolute Gasteiger partial charge is 0.333 e. The van der Waals surface area contributed by atoms with Crippen LogP contribution in [0.25, 0.3) is 10.8 Å². The summed E-state index contributed by atoms with van der Waals surface area (Å²) in [6.07, 6.45) is 0.604. The third-order valence-electron chi connectivity index (χ3n) is 1.78. The van der Waals surface area contributed by atoms with Gasteiger partial charge in [0.15, 0.2) is 5.82 Å². The first-order chi connectivity index (χ1) is 7.16. The Morgan fingerprint density at radius 1 is 1.67 bits per heavy atom. The number of thiophene rings is 1. The van der Waals surface area contributed by atoms with Crippen LogP contribution in [0, 0.1) is 0 Å². The number of aromatic nitrogens is 2. The van der Waals surface area contributed by atoms with Crippen molar-refractivity contribution in [2.75, 3.05) is 0 Å². The van der Waals surface area contributed by atoms with E-state index in [9.17, 15) is 0 Å². The Labute approximate surface area is 96.1 Å². The van der Waals surface area contributed by atoms with Gasteiger partial charge in [-0.05, 0) is 18.4 Å². The molecule has 0 aromatic carbocycles. The van der Waals surface area contributed by atoms with Crippen LogP contribution in [0.15, 0.2) is 16.0 Å². The zero-order valence-corrected chi connectivity index (χ0v) is 9.68. The highest BCUT2D eigenvalue weighted by atomic mass is 35.5. The molecule has 15 heavy (non-hydrogen) atoms. The van der Waals surface area contributed by atoms with Gasteiger partial charge in [-0.1, -0.05) is 16.8 Å². The number of hydrogen-bond donors (Lipinski definition) is 1. The maximum absolute atomic E-state index is 5.95. The Bertz CT molecular complexity index is 452. The first-order valence-corrected chi connectivity index (χ1v) is 5.74. The summed E-state index contributed by atoms with van der Waals surface area (Å²) in [6.45, 7) is 1.90. The van der Waals surface area contributed by atoms with Gasteiger partial charge in [-0.15, -0.1) is 11.3 Å². The summed E-state index contributed by atoms with van der Waals surface area (Å²) in [5, 5.41) is 6.35. The van der Waals surface area contributed by atoms with Gasteiger partial charge in [0, 0.05) is 12.5 Å². The van der Waals surface area contributed by atoms with Crippen molar-refractivity contribution in [1.29, 1.82) is 0 Å². The van der Waals surface area contributed by atoms with Gasteiger partial charge in [-0.3, -0.25) is 0 Å². The summed E-state index contributed by atoms with van der Waals surface area (Å²) >= 11 is 7.42. The molecule has 0 fully saturated rings. The van der Waals surface area contributed by atoms with E-state index >= 15 is 0 Å². The molecule has 0 amide bonds. The molecule has 0 saturated heterocycles. The summed E-state index contributed by atoms with van der Waals surface area (Å²) in [4.78, 5) is 5.03. The second-order valence-corrected chi connectivity index (χ2v) is 4.62. The predicted molar refractivity (Wildman–Crippen MR) is 60.0 cm³/mol. The summed E-state index contributed by atoms with van der Waals surface area (Å²) in [5.41, 5.74) is 5.64. The van der Waals surface area contributed by atoms with Gasteiger partial charge in [-0.25, -0.2) is 0 Å². The molecule has 1 atom stereocenters. The minimum atomic E-state index is 0.0225. The number of nitrogens with two attached hydrogens (primary N) is 1. The fourth-order valence-electron chi connectivity index (χ4n) is 1.16. The lowest BCUT2D eigenvalue weighted by Crippen LogP contribution is -2.18. The van der Waals surface area contributed by atoms with Gasteiger partial charge < -0.3 is 10.3 Å². The molecule has 4 nitrogen and oxygen atoms in total. The molecule has 0 spiro atoms. The first kappa shape index (κ1) is 10.6. The maximum Gasteiger partial charge on any atom is 0.269 e. The van der Waals surface area contributed by atoms with Crippen LogP contribution >= 0.6 is 22.9 Å². The predicted octanol–water partition coefficient (Wildman–Crippen LogP) is 2.34. The molecule has 0 aliphatic carbocycles. The van der Waals surface area contributed by atoms with Gasteiger partial charge in [0.05, 0.1) is 5.02 Å². The molecule has 2 N–H and O–H groups in total. The van der Waals surface area contributed by atoms with Crippen molar-refractivity contribution in [2.45, 2.75) is 19.4 Å². The minimum Gasteiger partial charge on any atom is -0.333 e. The zero-order valence-electron chi connectivity index (χ0n) is 8.11. The molecule has 6 heteroatoms. The van der Waals surface area contributed by atoms with Crippen LogP contribution in [0.1, 0.15) is 12.7 Å². The van der Waals surface area contributed by atoms with Crippen LogP contribution in [-0.4, -0.2) is 16.2 Å². The van der Waals surface area contributed by atoms with E-state index in [0.29, 0.717) is 23.2 Å². The van der Waals surface area contributed by atoms with E-state index < -0.39 is 0 Å². The minimum absolute atomic E-state index is 0.0225. The molecular formula is C9H10ClN3OS. The molecule has 2 heterocycles. The van der Waals surface area contributed by atoms with E-state index in [2.05, 4.69) is 10.1 Å². The van der Waals surface area contributed by atoms with Crippen molar-refractivity contribution in [3.05, 3.63) is 22.3 Å². The van der Waals surface area contributed by atoms with Crippen LogP contribution in [-0.2, 0) is 6.42 Å². The van der Waals surface area contributed by atoms with Crippen LogP contribution in [0.5, 0.6) is 0 Å². The molecule has 2 aromatic heterocycles. The fourth-order valence-corrected chi connectivity index (χ4v) is 2.22. The molecule has 0 bridgehead atoms. The Hall–Kier alpha value is -0.910.